The molecule has 4 heterocycles. The number of alkyl halides is 5. The number of imidazole rings is 2. The Labute approximate surface area is 202 Å². The van der Waals surface area contributed by atoms with Crippen LogP contribution in [0.15, 0.2) is 48.8 Å². The molecule has 0 aliphatic carbocycles. The van der Waals surface area contributed by atoms with Gasteiger partial charge in [-0.2, -0.15) is 22.0 Å². The molecule has 0 N–H and O–H groups in total. The Morgan fingerprint density at radius 1 is 1.03 bits per heavy atom. The Bertz CT molecular complexity index is 1390. The highest BCUT2D eigenvalue weighted by molar-refractivity contribution is 5.69. The molecule has 0 atom stereocenters. The summed E-state index contributed by atoms with van der Waals surface area (Å²) in [4.78, 5) is 14.4. The van der Waals surface area contributed by atoms with Gasteiger partial charge in [0.2, 0.25) is 5.88 Å². The third-order valence-electron chi connectivity index (χ3n) is 6.08. The Morgan fingerprint density at radius 3 is 2.44 bits per heavy atom. The third kappa shape index (κ3) is 4.38. The molecule has 0 spiro atoms. The number of hydrogen-bond acceptors (Lipinski definition) is 5. The highest BCUT2D eigenvalue weighted by atomic mass is 19.4. The van der Waals surface area contributed by atoms with Gasteiger partial charge in [0.05, 0.1) is 23.5 Å². The van der Waals surface area contributed by atoms with Crippen molar-refractivity contribution >= 4 is 5.69 Å². The van der Waals surface area contributed by atoms with Gasteiger partial charge in [-0.1, -0.05) is 0 Å². The van der Waals surface area contributed by atoms with Crippen LogP contribution in [0.3, 0.4) is 0 Å². The molecule has 0 bridgehead atoms. The van der Waals surface area contributed by atoms with Crippen molar-refractivity contribution < 1.29 is 26.7 Å². The minimum Gasteiger partial charge on any atom is -0.416 e. The smallest absolute Gasteiger partial charge is 0.416 e. The average Bonchev–Trinajstić information content (AvgIpc) is 3.39. The molecule has 4 aromatic rings. The molecule has 12 heteroatoms. The van der Waals surface area contributed by atoms with Gasteiger partial charge in [-0.15, -0.1) is 0 Å². The van der Waals surface area contributed by atoms with Crippen LogP contribution in [0.4, 0.5) is 27.6 Å². The van der Waals surface area contributed by atoms with E-state index >= 15 is 0 Å². The second-order valence-electron chi connectivity index (χ2n) is 8.37. The van der Waals surface area contributed by atoms with Crippen molar-refractivity contribution in [3.8, 4) is 28.5 Å². The lowest BCUT2D eigenvalue weighted by molar-refractivity contribution is -0.140. The second kappa shape index (κ2) is 8.92. The molecule has 1 aliphatic rings. The molecule has 0 radical (unpaired) electrons. The molecule has 0 saturated heterocycles. The summed E-state index contributed by atoms with van der Waals surface area (Å²) in [5.74, 6) is 0.770. The zero-order valence-corrected chi connectivity index (χ0v) is 19.3. The van der Waals surface area contributed by atoms with Crippen LogP contribution in [0, 0.1) is 6.92 Å². The number of anilines is 1. The fraction of sp³-hybridized carbons (Fsp3) is 0.292. The number of aryl methyl sites for hydroxylation is 2. The van der Waals surface area contributed by atoms with Crippen LogP contribution < -0.4 is 9.64 Å². The van der Waals surface area contributed by atoms with Crippen molar-refractivity contribution in [1.29, 1.82) is 0 Å². The lowest BCUT2D eigenvalue weighted by atomic mass is 10.1. The molecule has 0 unspecified atom stereocenters. The summed E-state index contributed by atoms with van der Waals surface area (Å²) >= 11 is 0. The molecule has 1 aromatic carbocycles. The predicted octanol–water partition coefficient (Wildman–Crippen LogP) is 5.29. The first-order chi connectivity index (χ1) is 17.1. The van der Waals surface area contributed by atoms with Gasteiger partial charge in [0.15, 0.2) is 5.69 Å². The minimum absolute atomic E-state index is 0.192. The standard InChI is InChI=1S/C24H21F5N6O/c1-14-31-20(17-4-3-9-30-22(17)36-23(25)26)18-12-34(10-11-35(14)18)16-7-5-15(6-8-16)21-32-19(13-33(21)2)24(27,28)29/h3-9,13,23H,10-12H2,1-2H3. The van der Waals surface area contributed by atoms with Gasteiger partial charge in [-0.25, -0.2) is 15.0 Å². The summed E-state index contributed by atoms with van der Waals surface area (Å²) in [6.45, 7) is 0.564. The number of rotatable bonds is 5. The number of halogens is 5. The topological polar surface area (TPSA) is 61.0 Å². The van der Waals surface area contributed by atoms with Crippen molar-refractivity contribution in [3.63, 3.8) is 0 Å². The van der Waals surface area contributed by atoms with E-state index in [1.807, 2.05) is 23.6 Å². The van der Waals surface area contributed by atoms with E-state index in [0.717, 1.165) is 23.4 Å². The Hall–Kier alpha value is -3.96. The number of aromatic nitrogens is 5. The number of fused-ring (bicyclic) bond motifs is 1. The number of benzene rings is 1. The van der Waals surface area contributed by atoms with E-state index in [0.29, 0.717) is 36.5 Å². The quantitative estimate of drug-likeness (QED) is 0.346. The molecule has 188 valence electrons. The summed E-state index contributed by atoms with van der Waals surface area (Å²) < 4.78 is 72.9. The molecule has 0 fully saturated rings. The van der Waals surface area contributed by atoms with Crippen molar-refractivity contribution in [1.82, 2.24) is 24.1 Å². The van der Waals surface area contributed by atoms with Crippen LogP contribution in [0.1, 0.15) is 17.2 Å². The van der Waals surface area contributed by atoms with Gasteiger partial charge in [-0.3, -0.25) is 0 Å². The Kier molecular flexibility index (Phi) is 5.89. The van der Waals surface area contributed by atoms with E-state index in [1.165, 1.54) is 17.8 Å². The van der Waals surface area contributed by atoms with E-state index in [4.69, 9.17) is 0 Å². The number of ether oxygens (including phenoxy) is 1. The maximum Gasteiger partial charge on any atom is 0.434 e. The molecule has 0 saturated carbocycles. The number of nitrogens with zero attached hydrogens (tertiary/aromatic N) is 6. The summed E-state index contributed by atoms with van der Waals surface area (Å²) in [5, 5.41) is 0. The fourth-order valence-electron chi connectivity index (χ4n) is 4.43. The first-order valence-electron chi connectivity index (χ1n) is 11.0. The van der Waals surface area contributed by atoms with Gasteiger partial charge in [0.1, 0.15) is 11.6 Å². The number of pyridine rings is 1. The predicted molar refractivity (Wildman–Crippen MR) is 122 cm³/mol. The van der Waals surface area contributed by atoms with Crippen LogP contribution in [0.25, 0.3) is 22.6 Å². The van der Waals surface area contributed by atoms with Crippen LogP contribution in [0.5, 0.6) is 5.88 Å². The van der Waals surface area contributed by atoms with Crippen LogP contribution >= 0.6 is 0 Å². The summed E-state index contributed by atoms with van der Waals surface area (Å²) in [6.07, 6.45) is -2.18. The molecular formula is C24H21F5N6O. The van der Waals surface area contributed by atoms with Gasteiger partial charge in [0, 0.05) is 43.8 Å². The molecule has 36 heavy (non-hydrogen) atoms. The zero-order chi connectivity index (χ0) is 25.6. The maximum atomic E-state index is 13.0. The fourth-order valence-corrected chi connectivity index (χ4v) is 4.43. The Morgan fingerprint density at radius 2 is 1.78 bits per heavy atom. The van der Waals surface area contributed by atoms with Crippen molar-refractivity contribution in [3.05, 3.63) is 66.0 Å². The lowest BCUT2D eigenvalue weighted by Gasteiger charge is -2.31. The van der Waals surface area contributed by atoms with E-state index in [-0.39, 0.29) is 11.7 Å². The minimum atomic E-state index is -4.52. The van der Waals surface area contributed by atoms with E-state index in [2.05, 4.69) is 24.6 Å². The Balaban J connectivity index is 1.43. The van der Waals surface area contributed by atoms with Crippen LogP contribution in [-0.2, 0) is 26.3 Å². The van der Waals surface area contributed by atoms with Gasteiger partial charge < -0.3 is 18.8 Å². The van der Waals surface area contributed by atoms with E-state index < -0.39 is 18.5 Å². The van der Waals surface area contributed by atoms with Crippen LogP contribution in [-0.4, -0.2) is 37.2 Å². The first kappa shape index (κ1) is 23.8. The zero-order valence-electron chi connectivity index (χ0n) is 19.3. The van der Waals surface area contributed by atoms with Crippen molar-refractivity contribution in [2.75, 3.05) is 11.4 Å². The average molecular weight is 504 g/mol. The SMILES string of the molecule is Cc1nc(-c2cccnc2OC(F)F)c2n1CCN(c1ccc(-c3nc(C(F)(F)F)cn3C)cc1)C2. The second-order valence-corrected chi connectivity index (χ2v) is 8.37. The van der Waals surface area contributed by atoms with Gasteiger partial charge in [-0.05, 0) is 43.3 Å². The monoisotopic (exact) mass is 504 g/mol. The number of hydrogen-bond donors (Lipinski definition) is 0. The molecule has 5 rings (SSSR count). The maximum absolute atomic E-state index is 13.0. The summed E-state index contributed by atoms with van der Waals surface area (Å²) in [5.41, 5.74) is 2.19. The van der Waals surface area contributed by atoms with Crippen LogP contribution in [0.2, 0.25) is 0 Å². The highest BCUT2D eigenvalue weighted by Gasteiger charge is 2.34. The largest absolute Gasteiger partial charge is 0.434 e. The normalized spacial score (nSPS) is 13.8. The van der Waals surface area contributed by atoms with Crippen molar-refractivity contribution in [2.45, 2.75) is 32.8 Å². The summed E-state index contributed by atoms with van der Waals surface area (Å²) in [7, 11) is 1.52. The molecular weight excluding hydrogens is 483 g/mol. The summed E-state index contributed by atoms with van der Waals surface area (Å²) in [6, 6.07) is 10.4. The van der Waals surface area contributed by atoms with E-state index in [1.54, 1.807) is 24.3 Å². The first-order valence-corrected chi connectivity index (χ1v) is 11.0. The van der Waals surface area contributed by atoms with Gasteiger partial charge >= 0.3 is 12.8 Å². The molecule has 0 amide bonds. The molecule has 7 nitrogen and oxygen atoms in total. The molecule has 3 aromatic heterocycles. The van der Waals surface area contributed by atoms with Crippen molar-refractivity contribution in [2.24, 2.45) is 7.05 Å². The lowest BCUT2D eigenvalue weighted by Crippen LogP contribution is -2.34. The van der Waals surface area contributed by atoms with Gasteiger partial charge in [0.25, 0.3) is 0 Å². The molecule has 1 aliphatic heterocycles. The van der Waals surface area contributed by atoms with E-state index in [9.17, 15) is 22.0 Å². The third-order valence-corrected chi connectivity index (χ3v) is 6.08. The highest BCUT2D eigenvalue weighted by Crippen LogP contribution is 2.35.